The SMILES string of the molecule is Nc1nc(SCCSC(F)(F)C(F)(F)F)ns1. The van der Waals surface area contributed by atoms with Crippen LogP contribution in [0, 0.1) is 0 Å². The quantitative estimate of drug-likeness (QED) is 0.514. The highest BCUT2D eigenvalue weighted by Crippen LogP contribution is 2.44. The van der Waals surface area contributed by atoms with Gasteiger partial charge in [-0.1, -0.05) is 23.5 Å². The Morgan fingerprint density at radius 1 is 1.18 bits per heavy atom. The lowest BCUT2D eigenvalue weighted by molar-refractivity contribution is -0.237. The van der Waals surface area contributed by atoms with Gasteiger partial charge in [0, 0.05) is 23.0 Å². The molecule has 1 aromatic heterocycles. The van der Waals surface area contributed by atoms with Crippen molar-refractivity contribution in [3.63, 3.8) is 0 Å². The van der Waals surface area contributed by atoms with Gasteiger partial charge < -0.3 is 5.73 Å². The topological polar surface area (TPSA) is 51.8 Å². The van der Waals surface area contributed by atoms with E-state index in [1.165, 1.54) is 0 Å². The van der Waals surface area contributed by atoms with Crippen molar-refractivity contribution in [2.24, 2.45) is 0 Å². The van der Waals surface area contributed by atoms with Crippen LogP contribution in [0.1, 0.15) is 0 Å². The monoisotopic (exact) mass is 311 g/mol. The number of nitrogen functional groups attached to an aromatic ring is 1. The third-order valence-corrected chi connectivity index (χ3v) is 4.12. The first kappa shape index (κ1) is 14.8. The standard InChI is InChI=1S/C6H6F5N3S3/c7-5(8,9)6(10,11)16-2-1-15-4-13-3(12)17-14-4/h1-2H2,(H2,12,13,14). The lowest BCUT2D eigenvalue weighted by Gasteiger charge is -2.18. The van der Waals surface area contributed by atoms with Gasteiger partial charge in [-0.2, -0.15) is 31.3 Å². The third-order valence-electron chi connectivity index (χ3n) is 1.35. The maximum absolute atomic E-state index is 12.4. The fraction of sp³-hybridized carbons (Fsp3) is 0.667. The second-order valence-corrected chi connectivity index (χ2v) is 5.68. The molecule has 0 spiro atoms. The molecule has 0 aromatic carbocycles. The number of nitrogens with zero attached hydrogens (tertiary/aromatic N) is 2. The number of alkyl halides is 5. The van der Waals surface area contributed by atoms with Gasteiger partial charge in [0.2, 0.25) is 10.3 Å². The molecule has 0 aliphatic heterocycles. The highest BCUT2D eigenvalue weighted by molar-refractivity contribution is 8.03. The molecule has 1 aromatic rings. The predicted octanol–water partition coefficient (Wildman–Crippen LogP) is 3.10. The summed E-state index contributed by atoms with van der Waals surface area (Å²) in [6.07, 6.45) is -5.52. The summed E-state index contributed by atoms with van der Waals surface area (Å²) in [5.74, 6) is -0.317. The van der Waals surface area contributed by atoms with E-state index in [1.54, 1.807) is 0 Å². The van der Waals surface area contributed by atoms with Crippen molar-refractivity contribution in [2.45, 2.75) is 16.6 Å². The molecule has 17 heavy (non-hydrogen) atoms. The zero-order chi connectivity index (χ0) is 13.1. The number of halogens is 5. The van der Waals surface area contributed by atoms with Crippen LogP contribution in [-0.2, 0) is 0 Å². The van der Waals surface area contributed by atoms with Gasteiger partial charge in [-0.15, -0.1) is 0 Å². The largest absolute Gasteiger partial charge is 0.464 e. The van der Waals surface area contributed by atoms with Crippen LogP contribution in [0.5, 0.6) is 0 Å². The Balaban J connectivity index is 2.29. The molecule has 0 saturated carbocycles. The molecule has 0 aliphatic carbocycles. The van der Waals surface area contributed by atoms with E-state index in [2.05, 4.69) is 9.36 Å². The Labute approximate surface area is 106 Å². The molecule has 2 N–H and O–H groups in total. The van der Waals surface area contributed by atoms with Crippen molar-refractivity contribution in [1.29, 1.82) is 0 Å². The van der Waals surface area contributed by atoms with Gasteiger partial charge in [-0.05, 0) is 0 Å². The first-order chi connectivity index (χ1) is 7.72. The lowest BCUT2D eigenvalue weighted by Crippen LogP contribution is -2.33. The van der Waals surface area contributed by atoms with E-state index in [1.807, 2.05) is 0 Å². The van der Waals surface area contributed by atoms with Gasteiger partial charge in [0.05, 0.1) is 0 Å². The molecule has 0 amide bonds. The van der Waals surface area contributed by atoms with Crippen LogP contribution in [0.15, 0.2) is 5.16 Å². The van der Waals surface area contributed by atoms with E-state index in [9.17, 15) is 22.0 Å². The fourth-order valence-electron chi connectivity index (χ4n) is 0.664. The Morgan fingerprint density at radius 2 is 1.82 bits per heavy atom. The Kier molecular flexibility index (Phi) is 4.84. The molecule has 0 unspecified atom stereocenters. The fourth-order valence-corrected chi connectivity index (χ4v) is 2.82. The number of anilines is 1. The molecule has 0 fully saturated rings. The molecular weight excluding hydrogens is 305 g/mol. The summed E-state index contributed by atoms with van der Waals surface area (Å²) in [5.41, 5.74) is 5.27. The van der Waals surface area contributed by atoms with Crippen LogP contribution in [0.25, 0.3) is 0 Å². The summed E-state index contributed by atoms with van der Waals surface area (Å²) < 4.78 is 63.9. The normalized spacial score (nSPS) is 13.0. The lowest BCUT2D eigenvalue weighted by atomic mass is 10.7. The maximum atomic E-state index is 12.4. The molecule has 1 heterocycles. The maximum Gasteiger partial charge on any atom is 0.464 e. The number of nitrogens with two attached hydrogens (primary N) is 1. The number of aromatic nitrogens is 2. The molecule has 98 valence electrons. The van der Waals surface area contributed by atoms with Crippen molar-refractivity contribution in [3.8, 4) is 0 Å². The van der Waals surface area contributed by atoms with Crippen molar-refractivity contribution in [3.05, 3.63) is 0 Å². The Bertz CT molecular complexity index is 366. The molecule has 11 heteroatoms. The van der Waals surface area contributed by atoms with E-state index in [-0.39, 0.29) is 21.8 Å². The molecule has 1 rings (SSSR count). The van der Waals surface area contributed by atoms with Crippen LogP contribution in [0.4, 0.5) is 27.1 Å². The van der Waals surface area contributed by atoms with E-state index < -0.39 is 23.2 Å². The molecule has 0 saturated heterocycles. The molecule has 0 radical (unpaired) electrons. The smallest absolute Gasteiger partial charge is 0.374 e. The number of hydrogen-bond donors (Lipinski definition) is 1. The zero-order valence-corrected chi connectivity index (χ0v) is 10.5. The Morgan fingerprint density at radius 3 is 2.29 bits per heavy atom. The van der Waals surface area contributed by atoms with Crippen LogP contribution in [-0.4, -0.2) is 32.3 Å². The van der Waals surface area contributed by atoms with Gasteiger partial charge in [-0.25, -0.2) is 0 Å². The third kappa shape index (κ3) is 4.47. The number of thioether (sulfide) groups is 2. The second-order valence-electron chi connectivity index (χ2n) is 2.63. The molecule has 0 bridgehead atoms. The minimum atomic E-state index is -5.52. The summed E-state index contributed by atoms with van der Waals surface area (Å²) in [6.45, 7) is 0. The highest BCUT2D eigenvalue weighted by Gasteiger charge is 2.57. The van der Waals surface area contributed by atoms with Crippen molar-refractivity contribution >= 4 is 40.2 Å². The van der Waals surface area contributed by atoms with Gasteiger partial charge in [0.1, 0.15) is 0 Å². The summed E-state index contributed by atoms with van der Waals surface area (Å²) in [6, 6.07) is 0. The summed E-state index contributed by atoms with van der Waals surface area (Å²) in [4.78, 5) is 3.72. The average Bonchev–Trinajstić information content (AvgIpc) is 2.57. The van der Waals surface area contributed by atoms with E-state index in [0.29, 0.717) is 0 Å². The second kappa shape index (κ2) is 5.57. The minimum absolute atomic E-state index is 0.0481. The molecular formula is C6H6F5N3S3. The summed E-state index contributed by atoms with van der Waals surface area (Å²) >= 11 is 1.46. The molecule has 0 atom stereocenters. The van der Waals surface area contributed by atoms with E-state index in [4.69, 9.17) is 5.73 Å². The van der Waals surface area contributed by atoms with E-state index >= 15 is 0 Å². The predicted molar refractivity (Wildman–Crippen MR) is 58.5 cm³/mol. The average molecular weight is 311 g/mol. The zero-order valence-electron chi connectivity index (χ0n) is 8.00. The Hall–Kier alpha value is -0.290. The molecule has 3 nitrogen and oxygen atoms in total. The van der Waals surface area contributed by atoms with Crippen molar-refractivity contribution in [1.82, 2.24) is 9.36 Å². The minimum Gasteiger partial charge on any atom is -0.374 e. The van der Waals surface area contributed by atoms with Crippen molar-refractivity contribution in [2.75, 3.05) is 17.2 Å². The van der Waals surface area contributed by atoms with Crippen LogP contribution < -0.4 is 5.73 Å². The van der Waals surface area contributed by atoms with E-state index in [0.717, 1.165) is 23.3 Å². The van der Waals surface area contributed by atoms with Crippen molar-refractivity contribution < 1.29 is 22.0 Å². The van der Waals surface area contributed by atoms with Gasteiger partial charge >= 0.3 is 11.4 Å². The number of rotatable bonds is 5. The highest BCUT2D eigenvalue weighted by atomic mass is 32.2. The summed E-state index contributed by atoms with van der Waals surface area (Å²) in [7, 11) is 0. The number of hydrogen-bond acceptors (Lipinski definition) is 6. The van der Waals surface area contributed by atoms with Gasteiger partial charge in [-0.3, -0.25) is 0 Å². The van der Waals surface area contributed by atoms with Crippen LogP contribution >= 0.6 is 35.1 Å². The van der Waals surface area contributed by atoms with Crippen LogP contribution in [0.2, 0.25) is 0 Å². The van der Waals surface area contributed by atoms with Gasteiger partial charge in [0.25, 0.3) is 0 Å². The first-order valence-corrected chi connectivity index (χ1v) is 6.77. The first-order valence-electron chi connectivity index (χ1n) is 4.03. The molecule has 0 aliphatic rings. The van der Waals surface area contributed by atoms with Crippen LogP contribution in [0.3, 0.4) is 0 Å². The van der Waals surface area contributed by atoms with Gasteiger partial charge in [0.15, 0.2) is 0 Å². The summed E-state index contributed by atoms with van der Waals surface area (Å²) in [5, 5.41) is -4.22.